The van der Waals surface area contributed by atoms with Gasteiger partial charge in [-0.1, -0.05) is 55.0 Å². The molecule has 0 spiro atoms. The Hall–Kier alpha value is -3.73. The summed E-state index contributed by atoms with van der Waals surface area (Å²) in [5, 5.41) is 0.572. The highest BCUT2D eigenvalue weighted by Gasteiger charge is 2.37. The van der Waals surface area contributed by atoms with Crippen molar-refractivity contribution in [3.63, 3.8) is 0 Å². The fourth-order valence-electron chi connectivity index (χ4n) is 4.58. The number of carbonyl (C=O) groups is 1. The number of fused-ring (bicyclic) bond motifs is 2. The second-order valence-electron chi connectivity index (χ2n) is 8.33. The fraction of sp³-hybridized carbons (Fsp3) is 0.222. The molecule has 5 rings (SSSR count). The van der Waals surface area contributed by atoms with E-state index in [0.717, 1.165) is 28.9 Å². The summed E-state index contributed by atoms with van der Waals surface area (Å²) in [5.74, 6) is 0.317. The van der Waals surface area contributed by atoms with Crippen LogP contribution in [0.15, 0.2) is 77.6 Å². The van der Waals surface area contributed by atoms with E-state index < -0.39 is 0 Å². The molecular weight excluding hydrogens is 398 g/mol. The Balaban J connectivity index is 1.68. The number of benzene rings is 3. The maximum absolute atomic E-state index is 13.5. The Morgan fingerprint density at radius 2 is 1.62 bits per heavy atom. The topological polar surface area (TPSA) is 55.2 Å². The van der Waals surface area contributed by atoms with Crippen LogP contribution in [-0.2, 0) is 11.2 Å². The van der Waals surface area contributed by atoms with Crippen LogP contribution in [0, 0.1) is 6.92 Å². The van der Waals surface area contributed by atoms with Crippen molar-refractivity contribution in [1.82, 2.24) is 9.55 Å². The number of aromatic nitrogens is 2. The Labute approximate surface area is 187 Å². The SMILES string of the molecule is CCCN1C(=O)[C@H](Cc2nc3ccccc3c(=O)n2-c2ccc(C)cc2)c2ccccc21. The lowest BCUT2D eigenvalue weighted by Gasteiger charge is -2.18. The van der Waals surface area contributed by atoms with E-state index >= 15 is 0 Å². The third-order valence-electron chi connectivity index (χ3n) is 6.14. The van der Waals surface area contributed by atoms with E-state index in [9.17, 15) is 9.59 Å². The summed E-state index contributed by atoms with van der Waals surface area (Å²) in [6, 6.07) is 23.2. The van der Waals surface area contributed by atoms with Crippen LogP contribution >= 0.6 is 0 Å². The van der Waals surface area contributed by atoms with Gasteiger partial charge < -0.3 is 4.90 Å². The minimum Gasteiger partial charge on any atom is -0.312 e. The van der Waals surface area contributed by atoms with E-state index in [4.69, 9.17) is 4.98 Å². The van der Waals surface area contributed by atoms with Gasteiger partial charge in [0.25, 0.3) is 5.56 Å². The normalized spacial score (nSPS) is 15.4. The molecule has 160 valence electrons. The third kappa shape index (κ3) is 3.30. The number of carbonyl (C=O) groups excluding carboxylic acids is 1. The molecule has 0 N–H and O–H groups in total. The van der Waals surface area contributed by atoms with Gasteiger partial charge in [0.2, 0.25) is 5.91 Å². The van der Waals surface area contributed by atoms with Gasteiger partial charge in [-0.15, -0.1) is 0 Å². The number of hydrogen-bond acceptors (Lipinski definition) is 3. The highest BCUT2D eigenvalue weighted by molar-refractivity contribution is 6.05. The van der Waals surface area contributed by atoms with Crippen molar-refractivity contribution in [3.8, 4) is 5.69 Å². The number of amides is 1. The summed E-state index contributed by atoms with van der Waals surface area (Å²) in [4.78, 5) is 33.7. The van der Waals surface area contributed by atoms with E-state index in [2.05, 4.69) is 6.92 Å². The van der Waals surface area contributed by atoms with E-state index in [1.165, 1.54) is 0 Å². The van der Waals surface area contributed by atoms with Crippen LogP contribution in [-0.4, -0.2) is 22.0 Å². The Morgan fingerprint density at radius 1 is 0.906 bits per heavy atom. The van der Waals surface area contributed by atoms with Crippen LogP contribution in [0.3, 0.4) is 0 Å². The average molecular weight is 424 g/mol. The maximum Gasteiger partial charge on any atom is 0.265 e. The molecule has 5 heteroatoms. The minimum absolute atomic E-state index is 0.0749. The zero-order valence-corrected chi connectivity index (χ0v) is 18.3. The smallest absolute Gasteiger partial charge is 0.265 e. The first-order valence-corrected chi connectivity index (χ1v) is 11.1. The molecule has 0 unspecified atom stereocenters. The first kappa shape index (κ1) is 20.2. The lowest BCUT2D eigenvalue weighted by Crippen LogP contribution is -2.31. The van der Waals surface area contributed by atoms with Gasteiger partial charge in [0.1, 0.15) is 5.82 Å². The number of anilines is 1. The van der Waals surface area contributed by atoms with Gasteiger partial charge in [-0.2, -0.15) is 0 Å². The molecule has 2 heterocycles. The van der Waals surface area contributed by atoms with E-state index in [1.807, 2.05) is 78.6 Å². The van der Waals surface area contributed by atoms with Gasteiger partial charge in [-0.3, -0.25) is 14.2 Å². The number of aryl methyl sites for hydroxylation is 1. The minimum atomic E-state index is -0.359. The zero-order valence-electron chi connectivity index (χ0n) is 18.3. The Morgan fingerprint density at radius 3 is 2.41 bits per heavy atom. The lowest BCUT2D eigenvalue weighted by molar-refractivity contribution is -0.119. The highest BCUT2D eigenvalue weighted by atomic mass is 16.2. The average Bonchev–Trinajstić information content (AvgIpc) is 3.07. The zero-order chi connectivity index (χ0) is 22.2. The summed E-state index contributed by atoms with van der Waals surface area (Å²) >= 11 is 0. The van der Waals surface area contributed by atoms with E-state index in [0.29, 0.717) is 29.7 Å². The van der Waals surface area contributed by atoms with E-state index in [1.54, 1.807) is 10.6 Å². The molecule has 32 heavy (non-hydrogen) atoms. The highest BCUT2D eigenvalue weighted by Crippen LogP contribution is 2.39. The van der Waals surface area contributed by atoms with Gasteiger partial charge in [-0.05, 0) is 49.2 Å². The van der Waals surface area contributed by atoms with Crippen molar-refractivity contribution in [2.24, 2.45) is 0 Å². The van der Waals surface area contributed by atoms with Crippen LogP contribution in [0.5, 0.6) is 0 Å². The molecule has 1 atom stereocenters. The molecule has 0 aliphatic carbocycles. The molecule has 3 aromatic carbocycles. The van der Waals surface area contributed by atoms with E-state index in [-0.39, 0.29) is 17.4 Å². The fourth-order valence-corrected chi connectivity index (χ4v) is 4.58. The number of hydrogen-bond donors (Lipinski definition) is 0. The molecule has 0 bridgehead atoms. The first-order valence-electron chi connectivity index (χ1n) is 11.1. The molecule has 0 saturated heterocycles. The van der Waals surface area contributed by atoms with Crippen LogP contribution in [0.4, 0.5) is 5.69 Å². The van der Waals surface area contributed by atoms with Crippen LogP contribution in [0.25, 0.3) is 16.6 Å². The third-order valence-corrected chi connectivity index (χ3v) is 6.14. The van der Waals surface area contributed by atoms with Gasteiger partial charge in [0, 0.05) is 18.7 Å². The largest absolute Gasteiger partial charge is 0.312 e. The first-order chi connectivity index (χ1) is 15.6. The second-order valence-corrected chi connectivity index (χ2v) is 8.33. The van der Waals surface area contributed by atoms with Crippen molar-refractivity contribution in [2.75, 3.05) is 11.4 Å². The molecule has 5 nitrogen and oxygen atoms in total. The number of rotatable bonds is 5. The van der Waals surface area contributed by atoms with Gasteiger partial charge >= 0.3 is 0 Å². The molecule has 0 saturated carbocycles. The van der Waals surface area contributed by atoms with Crippen LogP contribution in [0.1, 0.15) is 36.2 Å². The monoisotopic (exact) mass is 423 g/mol. The van der Waals surface area contributed by atoms with Crippen molar-refractivity contribution < 1.29 is 4.79 Å². The van der Waals surface area contributed by atoms with Crippen molar-refractivity contribution in [2.45, 2.75) is 32.6 Å². The second kappa shape index (κ2) is 8.08. The maximum atomic E-state index is 13.5. The molecule has 1 aliphatic heterocycles. The van der Waals surface area contributed by atoms with Crippen LogP contribution in [0.2, 0.25) is 0 Å². The summed E-state index contributed by atoms with van der Waals surface area (Å²) in [6.45, 7) is 4.77. The molecule has 1 amide bonds. The van der Waals surface area contributed by atoms with Crippen molar-refractivity contribution in [1.29, 1.82) is 0 Å². The van der Waals surface area contributed by atoms with Gasteiger partial charge in [0.05, 0.1) is 22.5 Å². The molecular formula is C27H25N3O2. The lowest BCUT2D eigenvalue weighted by atomic mass is 9.96. The summed E-state index contributed by atoms with van der Waals surface area (Å²) in [7, 11) is 0. The van der Waals surface area contributed by atoms with Crippen molar-refractivity contribution in [3.05, 3.63) is 100 Å². The Bertz CT molecular complexity index is 1370. The number of para-hydroxylation sites is 2. The number of nitrogens with zero attached hydrogens (tertiary/aromatic N) is 3. The molecule has 1 aromatic heterocycles. The molecule has 1 aliphatic rings. The summed E-state index contributed by atoms with van der Waals surface area (Å²) in [5.41, 5.74) is 4.39. The van der Waals surface area contributed by atoms with Crippen LogP contribution < -0.4 is 10.5 Å². The predicted octanol–water partition coefficient (Wildman–Crippen LogP) is 4.78. The summed E-state index contributed by atoms with van der Waals surface area (Å²) in [6.07, 6.45) is 1.25. The summed E-state index contributed by atoms with van der Waals surface area (Å²) < 4.78 is 1.67. The quantitative estimate of drug-likeness (QED) is 0.464. The standard InChI is InChI=1S/C27H25N3O2/c1-3-16-29-24-11-7-5-8-20(24)22(26(29)31)17-25-28-23-10-6-4-9-21(23)27(32)30(25)19-14-12-18(2)13-15-19/h4-15,22H,3,16-17H2,1-2H3/t22-/m1/s1. The molecule has 4 aromatic rings. The Kier molecular flexibility index (Phi) is 5.10. The predicted molar refractivity (Wildman–Crippen MR) is 128 cm³/mol. The van der Waals surface area contributed by atoms with Crippen molar-refractivity contribution >= 4 is 22.5 Å². The van der Waals surface area contributed by atoms with Gasteiger partial charge in [-0.25, -0.2) is 4.98 Å². The molecule has 0 radical (unpaired) electrons. The molecule has 0 fully saturated rings. The van der Waals surface area contributed by atoms with Gasteiger partial charge in [0.15, 0.2) is 0 Å².